The Labute approximate surface area is 167 Å². The van der Waals surface area contributed by atoms with E-state index in [1.165, 1.54) is 48.1 Å². The van der Waals surface area contributed by atoms with E-state index in [4.69, 9.17) is 0 Å². The maximum Gasteiger partial charge on any atom is 0.212 e. The topological polar surface area (TPSA) is 3.88 Å². The lowest BCUT2D eigenvalue weighted by Gasteiger charge is -2.24. The fraction of sp³-hybridized carbons (Fsp3) is 0.560. The fourth-order valence-electron chi connectivity index (χ4n) is 4.50. The molecule has 1 aliphatic rings. The van der Waals surface area contributed by atoms with Crippen LogP contribution in [-0.4, -0.2) is 8.07 Å². The molecule has 1 aliphatic carbocycles. The van der Waals surface area contributed by atoms with Gasteiger partial charge in [0, 0.05) is 16.8 Å². The third-order valence-electron chi connectivity index (χ3n) is 6.29. The highest BCUT2D eigenvalue weighted by molar-refractivity contribution is 6.89. The van der Waals surface area contributed by atoms with Crippen LogP contribution in [0.15, 0.2) is 30.5 Å². The van der Waals surface area contributed by atoms with E-state index in [1.807, 2.05) is 0 Å². The molecule has 1 aromatic heterocycles. The van der Waals surface area contributed by atoms with Crippen LogP contribution in [0.4, 0.5) is 0 Å². The second kappa shape index (κ2) is 7.20. The van der Waals surface area contributed by atoms with Crippen molar-refractivity contribution in [2.24, 2.45) is 7.05 Å². The first-order valence-corrected chi connectivity index (χ1v) is 14.1. The molecule has 0 radical (unpaired) electrons. The molecular formula is C25H38NSi+. The molecule has 0 amide bonds. The van der Waals surface area contributed by atoms with Crippen LogP contribution < -0.4 is 9.75 Å². The zero-order valence-electron chi connectivity index (χ0n) is 18.7. The summed E-state index contributed by atoms with van der Waals surface area (Å²) in [5.41, 5.74) is 7.39. The standard InChI is InChI=1S/C25H38NSi/c1-18-13-14-20(25(2,3)4)15-21(18)23-16-22(19-11-9-10-12-19)24(17-26(23)5)27(6,7)8/h13-17,19H,9-12H2,1-8H3/q+1. The first-order valence-electron chi connectivity index (χ1n) is 10.6. The van der Waals surface area contributed by atoms with Gasteiger partial charge in [0.15, 0.2) is 6.20 Å². The minimum atomic E-state index is -1.38. The number of hydrogen-bond donors (Lipinski definition) is 0. The van der Waals surface area contributed by atoms with Gasteiger partial charge >= 0.3 is 0 Å². The van der Waals surface area contributed by atoms with Crippen molar-refractivity contribution in [2.75, 3.05) is 0 Å². The molecule has 1 fully saturated rings. The van der Waals surface area contributed by atoms with Crippen molar-refractivity contribution >= 4 is 13.3 Å². The summed E-state index contributed by atoms with van der Waals surface area (Å²) < 4.78 is 2.39. The predicted molar refractivity (Wildman–Crippen MR) is 121 cm³/mol. The maximum absolute atomic E-state index is 2.55. The second-order valence-corrected chi connectivity index (χ2v) is 15.7. The summed E-state index contributed by atoms with van der Waals surface area (Å²) in [6.07, 6.45) is 7.99. The average Bonchev–Trinajstić information content (AvgIpc) is 3.07. The lowest BCUT2D eigenvalue weighted by Crippen LogP contribution is -2.47. The minimum Gasteiger partial charge on any atom is -0.201 e. The molecule has 0 spiro atoms. The van der Waals surface area contributed by atoms with Gasteiger partial charge in [-0.25, -0.2) is 4.57 Å². The van der Waals surface area contributed by atoms with Gasteiger partial charge in [0.05, 0.1) is 8.07 Å². The molecule has 27 heavy (non-hydrogen) atoms. The number of aromatic nitrogens is 1. The highest BCUT2D eigenvalue weighted by Crippen LogP contribution is 2.36. The average molecular weight is 381 g/mol. The summed E-state index contributed by atoms with van der Waals surface area (Å²) in [5.74, 6) is 0.762. The third kappa shape index (κ3) is 4.21. The monoisotopic (exact) mass is 380 g/mol. The molecule has 0 saturated heterocycles. The van der Waals surface area contributed by atoms with Crippen molar-refractivity contribution in [3.8, 4) is 11.3 Å². The van der Waals surface area contributed by atoms with Gasteiger partial charge in [0.25, 0.3) is 0 Å². The summed E-state index contributed by atoms with van der Waals surface area (Å²) in [7, 11) is 0.861. The lowest BCUT2D eigenvalue weighted by atomic mass is 9.84. The van der Waals surface area contributed by atoms with Crippen LogP contribution in [0.5, 0.6) is 0 Å². The molecule has 1 nitrogen and oxygen atoms in total. The smallest absolute Gasteiger partial charge is 0.201 e. The van der Waals surface area contributed by atoms with Crippen molar-refractivity contribution in [3.05, 3.63) is 47.2 Å². The Morgan fingerprint density at radius 1 is 1.00 bits per heavy atom. The molecule has 2 aromatic rings. The van der Waals surface area contributed by atoms with Gasteiger partial charge in [-0.05, 0) is 53.9 Å². The van der Waals surface area contributed by atoms with Crippen LogP contribution in [0.25, 0.3) is 11.3 Å². The Morgan fingerprint density at radius 2 is 1.63 bits per heavy atom. The predicted octanol–water partition coefficient (Wildman–Crippen LogP) is 5.99. The van der Waals surface area contributed by atoms with E-state index in [1.54, 1.807) is 10.8 Å². The van der Waals surface area contributed by atoms with Crippen molar-refractivity contribution in [1.82, 2.24) is 0 Å². The Hall–Kier alpha value is -1.41. The van der Waals surface area contributed by atoms with E-state index in [0.29, 0.717) is 0 Å². The number of hydrogen-bond acceptors (Lipinski definition) is 0. The summed E-state index contributed by atoms with van der Waals surface area (Å²) in [6.45, 7) is 16.6. The van der Waals surface area contributed by atoms with Gasteiger partial charge in [0.1, 0.15) is 7.05 Å². The van der Waals surface area contributed by atoms with Crippen LogP contribution in [0.3, 0.4) is 0 Å². The van der Waals surface area contributed by atoms with Crippen molar-refractivity contribution in [1.29, 1.82) is 0 Å². The summed E-state index contributed by atoms with van der Waals surface area (Å²) in [5, 5.41) is 1.66. The molecule has 0 atom stereocenters. The lowest BCUT2D eigenvalue weighted by molar-refractivity contribution is -0.659. The molecular weight excluding hydrogens is 342 g/mol. The molecule has 1 aromatic carbocycles. The molecule has 146 valence electrons. The van der Waals surface area contributed by atoms with E-state index in [9.17, 15) is 0 Å². The van der Waals surface area contributed by atoms with Crippen LogP contribution in [0, 0.1) is 6.92 Å². The van der Waals surface area contributed by atoms with Crippen LogP contribution >= 0.6 is 0 Å². The first kappa shape index (κ1) is 20.3. The number of benzene rings is 1. The molecule has 2 heteroatoms. The summed E-state index contributed by atoms with van der Waals surface area (Å²) >= 11 is 0. The van der Waals surface area contributed by atoms with Crippen molar-refractivity contribution in [3.63, 3.8) is 0 Å². The Balaban J connectivity index is 2.21. The molecule has 0 unspecified atom stereocenters. The van der Waals surface area contributed by atoms with E-state index in [0.717, 1.165) is 5.92 Å². The Morgan fingerprint density at radius 3 is 2.19 bits per heavy atom. The normalized spacial score (nSPS) is 16.1. The largest absolute Gasteiger partial charge is 0.212 e. The van der Waals surface area contributed by atoms with E-state index >= 15 is 0 Å². The van der Waals surface area contributed by atoms with Crippen molar-refractivity contribution < 1.29 is 4.57 Å². The zero-order chi connectivity index (χ0) is 20.0. The highest BCUT2D eigenvalue weighted by Gasteiger charge is 2.31. The third-order valence-corrected chi connectivity index (χ3v) is 8.32. The highest BCUT2D eigenvalue weighted by atomic mass is 28.3. The number of rotatable bonds is 3. The van der Waals surface area contributed by atoms with Gasteiger partial charge in [-0.15, -0.1) is 0 Å². The van der Waals surface area contributed by atoms with Gasteiger partial charge in [-0.2, -0.15) is 0 Å². The zero-order valence-corrected chi connectivity index (χ0v) is 19.7. The fourth-order valence-corrected chi connectivity index (χ4v) is 6.22. The maximum atomic E-state index is 2.55. The Kier molecular flexibility index (Phi) is 5.42. The SMILES string of the molecule is Cc1ccc(C(C)(C)C)cc1-c1cc(C2CCCC2)c([Si](C)(C)C)c[n+]1C. The van der Waals surface area contributed by atoms with Gasteiger partial charge in [-0.3, -0.25) is 0 Å². The van der Waals surface area contributed by atoms with Gasteiger partial charge in [-0.1, -0.05) is 65.4 Å². The number of aryl methyl sites for hydroxylation is 2. The van der Waals surface area contributed by atoms with E-state index in [-0.39, 0.29) is 5.41 Å². The number of nitrogens with zero attached hydrogens (tertiary/aromatic N) is 1. The Bertz CT molecular complexity index is 831. The van der Waals surface area contributed by atoms with Crippen LogP contribution in [0.2, 0.25) is 19.6 Å². The second-order valence-electron chi connectivity index (χ2n) is 10.6. The molecule has 1 heterocycles. The van der Waals surface area contributed by atoms with Gasteiger partial charge in [0.2, 0.25) is 5.69 Å². The van der Waals surface area contributed by atoms with Crippen LogP contribution in [-0.2, 0) is 12.5 Å². The number of pyridine rings is 1. The summed E-state index contributed by atoms with van der Waals surface area (Å²) in [6, 6.07) is 9.58. The molecule has 0 aliphatic heterocycles. The van der Waals surface area contributed by atoms with Crippen molar-refractivity contribution in [2.45, 2.75) is 84.4 Å². The van der Waals surface area contributed by atoms with E-state index < -0.39 is 8.07 Å². The summed E-state index contributed by atoms with van der Waals surface area (Å²) in [4.78, 5) is 0. The minimum absolute atomic E-state index is 0.174. The molecule has 0 N–H and O–H groups in total. The molecule has 3 rings (SSSR count). The first-order chi connectivity index (χ1) is 12.5. The molecule has 1 saturated carbocycles. The van der Waals surface area contributed by atoms with Gasteiger partial charge < -0.3 is 0 Å². The van der Waals surface area contributed by atoms with E-state index in [2.05, 4.69) is 89.4 Å². The quantitative estimate of drug-likeness (QED) is 0.455. The molecule has 0 bridgehead atoms. The van der Waals surface area contributed by atoms with Crippen LogP contribution in [0.1, 0.15) is 69.1 Å².